The minimum Gasteiger partial charge on any atom is -0.396 e. The highest BCUT2D eigenvalue weighted by atomic mass is 16.3. The van der Waals surface area contributed by atoms with Crippen LogP contribution in [0.1, 0.15) is 18.9 Å². The van der Waals surface area contributed by atoms with Crippen molar-refractivity contribution >= 4 is 0 Å². The number of rotatable bonds is 2. The van der Waals surface area contributed by atoms with E-state index in [0.717, 1.165) is 6.42 Å². The summed E-state index contributed by atoms with van der Waals surface area (Å²) in [7, 11) is 0. The highest BCUT2D eigenvalue weighted by Crippen LogP contribution is 2.66. The number of hydrogen-bond donors (Lipinski definition) is 3. The lowest BCUT2D eigenvalue weighted by Gasteiger charge is -2.16. The first-order valence-electron chi connectivity index (χ1n) is 5.69. The summed E-state index contributed by atoms with van der Waals surface area (Å²) in [5, 5.41) is 19.2. The summed E-state index contributed by atoms with van der Waals surface area (Å²) in [4.78, 5) is 24.8. The molecule has 0 radical (unpaired) electrons. The van der Waals surface area contributed by atoms with Crippen molar-refractivity contribution in [1.82, 2.24) is 9.55 Å². The number of hydrogen-bond acceptors (Lipinski definition) is 4. The molecule has 1 aromatic rings. The zero-order chi connectivity index (χ0) is 12.2. The van der Waals surface area contributed by atoms with Gasteiger partial charge in [0.2, 0.25) is 0 Å². The van der Waals surface area contributed by atoms with E-state index in [4.69, 9.17) is 0 Å². The molecule has 2 aliphatic rings. The van der Waals surface area contributed by atoms with Crippen LogP contribution in [0.4, 0.5) is 0 Å². The lowest BCUT2D eigenvalue weighted by atomic mass is 10.0. The second kappa shape index (κ2) is 3.30. The van der Waals surface area contributed by atoms with Crippen molar-refractivity contribution in [3.8, 4) is 0 Å². The summed E-state index contributed by atoms with van der Waals surface area (Å²) in [6.07, 6.45) is 2.09. The molecule has 3 N–H and O–H groups in total. The summed E-state index contributed by atoms with van der Waals surface area (Å²) >= 11 is 0. The Morgan fingerprint density at radius 2 is 2.29 bits per heavy atom. The lowest BCUT2D eigenvalue weighted by Crippen LogP contribution is -2.32. The molecule has 1 aromatic heterocycles. The molecular weight excluding hydrogens is 224 g/mol. The second-order valence-electron chi connectivity index (χ2n) is 5.04. The molecule has 6 heteroatoms. The van der Waals surface area contributed by atoms with Gasteiger partial charge in [0.1, 0.15) is 0 Å². The Hall–Kier alpha value is -1.40. The molecule has 2 saturated carbocycles. The van der Waals surface area contributed by atoms with Gasteiger partial charge in [0.05, 0.1) is 12.7 Å². The summed E-state index contributed by atoms with van der Waals surface area (Å²) in [6.45, 7) is -0.0482. The van der Waals surface area contributed by atoms with Crippen molar-refractivity contribution in [2.75, 3.05) is 6.61 Å². The van der Waals surface area contributed by atoms with Crippen LogP contribution < -0.4 is 11.2 Å². The number of aliphatic hydroxyl groups is 2. The first-order valence-corrected chi connectivity index (χ1v) is 5.69. The maximum Gasteiger partial charge on any atom is 0.328 e. The molecule has 2 fully saturated rings. The van der Waals surface area contributed by atoms with Crippen molar-refractivity contribution in [1.29, 1.82) is 0 Å². The predicted octanol–water partition coefficient (Wildman–Crippen LogP) is -1.16. The molecule has 6 nitrogen and oxygen atoms in total. The highest BCUT2D eigenvalue weighted by Gasteiger charge is 2.67. The normalized spacial score (nSPS) is 39.1. The Balaban J connectivity index is 1.98. The molecule has 17 heavy (non-hydrogen) atoms. The van der Waals surface area contributed by atoms with Crippen LogP contribution >= 0.6 is 0 Å². The van der Waals surface area contributed by atoms with Crippen LogP contribution in [-0.2, 0) is 0 Å². The summed E-state index contributed by atoms with van der Waals surface area (Å²) < 4.78 is 1.46. The van der Waals surface area contributed by atoms with E-state index in [9.17, 15) is 19.8 Å². The van der Waals surface area contributed by atoms with Gasteiger partial charge in [-0.3, -0.25) is 14.3 Å². The van der Waals surface area contributed by atoms with E-state index in [0.29, 0.717) is 6.42 Å². The average molecular weight is 238 g/mol. The minimum atomic E-state index is -0.568. The fourth-order valence-electron chi connectivity index (χ4n) is 3.16. The number of nitrogens with zero attached hydrogens (tertiary/aromatic N) is 1. The van der Waals surface area contributed by atoms with E-state index < -0.39 is 22.8 Å². The molecule has 0 saturated heterocycles. The van der Waals surface area contributed by atoms with Crippen molar-refractivity contribution < 1.29 is 10.2 Å². The summed E-state index contributed by atoms with van der Waals surface area (Å²) in [5.41, 5.74) is -1.29. The monoisotopic (exact) mass is 238 g/mol. The number of nitrogens with one attached hydrogen (secondary N) is 1. The van der Waals surface area contributed by atoms with Crippen LogP contribution in [0.25, 0.3) is 0 Å². The molecule has 2 aliphatic carbocycles. The second-order valence-corrected chi connectivity index (χ2v) is 5.04. The molecule has 0 aromatic carbocycles. The number of aromatic nitrogens is 2. The smallest absolute Gasteiger partial charge is 0.328 e. The number of H-pyrrole nitrogens is 1. The molecule has 1 unspecified atom stereocenters. The topological polar surface area (TPSA) is 95.3 Å². The van der Waals surface area contributed by atoms with Gasteiger partial charge in [0, 0.05) is 23.7 Å². The van der Waals surface area contributed by atoms with Crippen LogP contribution in [-0.4, -0.2) is 32.5 Å². The van der Waals surface area contributed by atoms with Crippen molar-refractivity contribution in [3.63, 3.8) is 0 Å². The van der Waals surface area contributed by atoms with E-state index >= 15 is 0 Å². The van der Waals surface area contributed by atoms with Crippen molar-refractivity contribution in [3.05, 3.63) is 33.1 Å². The largest absolute Gasteiger partial charge is 0.396 e. The Morgan fingerprint density at radius 1 is 1.53 bits per heavy atom. The van der Waals surface area contributed by atoms with Gasteiger partial charge in [-0.2, -0.15) is 0 Å². The van der Waals surface area contributed by atoms with Crippen LogP contribution in [0.3, 0.4) is 0 Å². The summed E-state index contributed by atoms with van der Waals surface area (Å²) in [6, 6.07) is 1.18. The van der Waals surface area contributed by atoms with Gasteiger partial charge < -0.3 is 10.2 Å². The number of aliphatic hydroxyl groups excluding tert-OH is 2. The SMILES string of the molecule is O=c1ccn([C@H]2C[C@H](O)C3(CO)C[C@H]23)c(=O)[nH]1. The van der Waals surface area contributed by atoms with Crippen LogP contribution in [0.5, 0.6) is 0 Å². The standard InChI is InChI=1S/C11H14N2O4/c14-5-11-4-6(11)7(3-8(11)15)13-2-1-9(16)12-10(13)17/h1-2,6-8,14-15H,3-5H2,(H,12,16,17)/t6-,7+,8+,11?/m1/s1. The zero-order valence-corrected chi connectivity index (χ0v) is 9.17. The lowest BCUT2D eigenvalue weighted by molar-refractivity contribution is 0.0599. The van der Waals surface area contributed by atoms with Gasteiger partial charge in [0.15, 0.2) is 0 Å². The fraction of sp³-hybridized carbons (Fsp3) is 0.636. The molecule has 92 valence electrons. The molecule has 0 aliphatic heterocycles. The predicted molar refractivity (Wildman–Crippen MR) is 58.6 cm³/mol. The van der Waals surface area contributed by atoms with Gasteiger partial charge in [-0.15, -0.1) is 0 Å². The van der Waals surface area contributed by atoms with Gasteiger partial charge in [0.25, 0.3) is 5.56 Å². The maximum absolute atomic E-state index is 11.7. The van der Waals surface area contributed by atoms with Crippen LogP contribution in [0.2, 0.25) is 0 Å². The number of fused-ring (bicyclic) bond motifs is 1. The third kappa shape index (κ3) is 1.34. The third-order valence-electron chi connectivity index (χ3n) is 4.27. The number of aromatic amines is 1. The van der Waals surface area contributed by atoms with E-state index in [-0.39, 0.29) is 18.6 Å². The zero-order valence-electron chi connectivity index (χ0n) is 9.17. The first kappa shape index (κ1) is 10.7. The van der Waals surface area contributed by atoms with E-state index in [1.54, 1.807) is 0 Å². The Kier molecular flexibility index (Phi) is 2.08. The molecular formula is C11H14N2O4. The Labute approximate surface area is 96.5 Å². The first-order chi connectivity index (χ1) is 8.08. The summed E-state index contributed by atoms with van der Waals surface area (Å²) in [5.74, 6) is 0.131. The van der Waals surface area contributed by atoms with Crippen LogP contribution in [0, 0.1) is 11.3 Å². The molecule has 3 rings (SSSR count). The molecule has 4 atom stereocenters. The van der Waals surface area contributed by atoms with Crippen molar-refractivity contribution in [2.45, 2.75) is 25.0 Å². The molecule has 0 amide bonds. The van der Waals surface area contributed by atoms with Gasteiger partial charge in [-0.25, -0.2) is 4.79 Å². The molecule has 0 spiro atoms. The Morgan fingerprint density at radius 3 is 2.82 bits per heavy atom. The quantitative estimate of drug-likeness (QED) is 0.605. The van der Waals surface area contributed by atoms with Gasteiger partial charge in [-0.1, -0.05) is 0 Å². The van der Waals surface area contributed by atoms with E-state index in [2.05, 4.69) is 4.98 Å². The average Bonchev–Trinajstić information content (AvgIpc) is 2.96. The third-order valence-corrected chi connectivity index (χ3v) is 4.27. The minimum absolute atomic E-state index is 0.0482. The highest BCUT2D eigenvalue weighted by molar-refractivity contribution is 5.16. The van der Waals surface area contributed by atoms with Crippen LogP contribution in [0.15, 0.2) is 21.9 Å². The maximum atomic E-state index is 11.7. The van der Waals surface area contributed by atoms with Gasteiger partial charge in [-0.05, 0) is 18.8 Å². The van der Waals surface area contributed by atoms with Crippen molar-refractivity contribution in [2.24, 2.45) is 11.3 Å². The van der Waals surface area contributed by atoms with E-state index in [1.165, 1.54) is 16.8 Å². The van der Waals surface area contributed by atoms with E-state index in [1.807, 2.05) is 0 Å². The molecule has 0 bridgehead atoms. The molecule has 1 heterocycles. The fourth-order valence-corrected chi connectivity index (χ4v) is 3.16. The Bertz CT molecular complexity index is 563. The van der Waals surface area contributed by atoms with Gasteiger partial charge >= 0.3 is 5.69 Å².